The van der Waals surface area contributed by atoms with E-state index < -0.39 is 5.97 Å². The maximum Gasteiger partial charge on any atom is 0.303 e. The number of carboxylic acids is 1. The van der Waals surface area contributed by atoms with Crippen LogP contribution in [0.4, 0.5) is 4.39 Å². The van der Waals surface area contributed by atoms with Crippen LogP contribution in [0.15, 0.2) is 30.6 Å². The van der Waals surface area contributed by atoms with Gasteiger partial charge < -0.3 is 14.6 Å². The van der Waals surface area contributed by atoms with Crippen LogP contribution in [-0.2, 0) is 4.79 Å². The number of nitrogens with zero attached hydrogens (tertiary/aromatic N) is 2. The Labute approximate surface area is 188 Å². The number of ether oxygens (including phenoxy) is 2. The zero-order valence-corrected chi connectivity index (χ0v) is 18.5. The van der Waals surface area contributed by atoms with Crippen LogP contribution >= 0.6 is 0 Å². The monoisotopic (exact) mass is 442 g/mol. The number of carboxylic acid groups (broad SMARTS) is 1. The molecule has 0 amide bonds. The van der Waals surface area contributed by atoms with Crippen molar-refractivity contribution in [3.63, 3.8) is 0 Å². The second kappa shape index (κ2) is 10.3. The van der Waals surface area contributed by atoms with E-state index in [0.717, 1.165) is 44.1 Å². The molecule has 32 heavy (non-hydrogen) atoms. The van der Waals surface area contributed by atoms with Gasteiger partial charge >= 0.3 is 5.97 Å². The fourth-order valence-corrected chi connectivity index (χ4v) is 4.79. The van der Waals surface area contributed by atoms with Crippen molar-refractivity contribution in [2.45, 2.75) is 63.7 Å². The molecular weight excluding hydrogens is 411 g/mol. The van der Waals surface area contributed by atoms with Crippen molar-refractivity contribution >= 4 is 5.97 Å². The number of rotatable bonds is 10. The molecule has 2 heterocycles. The summed E-state index contributed by atoms with van der Waals surface area (Å²) in [6.45, 7) is 2.97. The van der Waals surface area contributed by atoms with E-state index in [1.54, 1.807) is 12.3 Å². The predicted octanol–water partition coefficient (Wildman–Crippen LogP) is 5.34. The van der Waals surface area contributed by atoms with Gasteiger partial charge in [-0.15, -0.1) is 0 Å². The summed E-state index contributed by atoms with van der Waals surface area (Å²) in [5.74, 6) is 1.06. The molecule has 0 bridgehead atoms. The molecule has 0 spiro atoms. The molecular formula is C25H31FN2O4. The van der Waals surface area contributed by atoms with Crippen LogP contribution in [0.1, 0.15) is 74.8 Å². The number of carbonyl (C=O) groups is 1. The summed E-state index contributed by atoms with van der Waals surface area (Å²) in [5.41, 5.74) is 1.70. The fraction of sp³-hybridized carbons (Fsp3) is 0.560. The van der Waals surface area contributed by atoms with E-state index in [9.17, 15) is 14.3 Å². The zero-order valence-electron chi connectivity index (χ0n) is 18.5. The molecule has 2 aliphatic rings. The van der Waals surface area contributed by atoms with Crippen molar-refractivity contribution in [3.8, 4) is 11.8 Å². The van der Waals surface area contributed by atoms with Crippen LogP contribution in [0.5, 0.6) is 11.8 Å². The molecule has 172 valence electrons. The van der Waals surface area contributed by atoms with Crippen LogP contribution in [-0.4, -0.2) is 34.3 Å². The standard InChI is InChI=1S/C25H31FN2O4/c1-2-31-24-12-21(22(26)14-28-24)18-5-3-16(4-6-18)15-32-23-11-19(9-10-27-23)20(13-25(29)30)17-7-8-17/h9-12,14,16-18,20H,2-8,13,15H2,1H3,(H,29,30)/t16-,18+,20-/m0/s1. The van der Waals surface area contributed by atoms with E-state index in [0.29, 0.717) is 42.4 Å². The van der Waals surface area contributed by atoms with Gasteiger partial charge in [-0.25, -0.2) is 14.4 Å². The summed E-state index contributed by atoms with van der Waals surface area (Å²) in [5, 5.41) is 9.25. The highest BCUT2D eigenvalue weighted by atomic mass is 19.1. The lowest BCUT2D eigenvalue weighted by Gasteiger charge is -2.29. The molecule has 7 heteroatoms. The van der Waals surface area contributed by atoms with Crippen LogP contribution in [0.2, 0.25) is 0 Å². The quantitative estimate of drug-likeness (QED) is 0.535. The Morgan fingerprint density at radius 3 is 2.56 bits per heavy atom. The minimum absolute atomic E-state index is 0.0325. The second-order valence-electron chi connectivity index (χ2n) is 8.97. The molecule has 2 aliphatic carbocycles. The van der Waals surface area contributed by atoms with E-state index in [2.05, 4.69) is 9.97 Å². The molecule has 0 aliphatic heterocycles. The molecule has 0 unspecified atom stereocenters. The van der Waals surface area contributed by atoms with Crippen molar-refractivity contribution < 1.29 is 23.8 Å². The Balaban J connectivity index is 1.31. The fourth-order valence-electron chi connectivity index (χ4n) is 4.79. The van der Waals surface area contributed by atoms with Gasteiger partial charge in [0.2, 0.25) is 11.8 Å². The van der Waals surface area contributed by atoms with Crippen LogP contribution in [0.3, 0.4) is 0 Å². The molecule has 1 atom stereocenters. The molecule has 1 N–H and O–H groups in total. The maximum absolute atomic E-state index is 14.3. The van der Waals surface area contributed by atoms with Crippen molar-refractivity contribution in [2.24, 2.45) is 11.8 Å². The summed E-state index contributed by atoms with van der Waals surface area (Å²) in [7, 11) is 0. The Hall–Kier alpha value is -2.70. The lowest BCUT2D eigenvalue weighted by molar-refractivity contribution is -0.137. The molecule has 2 aromatic rings. The van der Waals surface area contributed by atoms with Gasteiger partial charge in [0.1, 0.15) is 5.82 Å². The SMILES string of the molecule is CCOc1cc([C@H]2CC[C@@H](COc3cc([C@@H](CC(=O)O)C4CC4)ccn3)CC2)c(F)cn1. The van der Waals surface area contributed by atoms with E-state index in [1.807, 2.05) is 19.1 Å². The van der Waals surface area contributed by atoms with Crippen molar-refractivity contribution in [3.05, 3.63) is 47.5 Å². The lowest BCUT2D eigenvalue weighted by atomic mass is 9.79. The molecule has 6 nitrogen and oxygen atoms in total. The van der Waals surface area contributed by atoms with Crippen LogP contribution in [0.25, 0.3) is 0 Å². The van der Waals surface area contributed by atoms with Gasteiger partial charge in [-0.1, -0.05) is 0 Å². The highest BCUT2D eigenvalue weighted by Gasteiger charge is 2.34. The van der Waals surface area contributed by atoms with Crippen LogP contribution in [0, 0.1) is 17.7 Å². The minimum Gasteiger partial charge on any atom is -0.481 e. The number of hydrogen-bond acceptors (Lipinski definition) is 5. The van der Waals surface area contributed by atoms with Gasteiger partial charge in [0, 0.05) is 18.3 Å². The van der Waals surface area contributed by atoms with E-state index in [-0.39, 0.29) is 24.1 Å². The topological polar surface area (TPSA) is 81.5 Å². The molecule has 2 fully saturated rings. The van der Waals surface area contributed by atoms with Crippen LogP contribution < -0.4 is 9.47 Å². The maximum atomic E-state index is 14.3. The van der Waals surface area contributed by atoms with E-state index in [1.165, 1.54) is 6.20 Å². The number of halogens is 1. The largest absolute Gasteiger partial charge is 0.481 e. The smallest absolute Gasteiger partial charge is 0.303 e. The molecule has 4 rings (SSSR count). The Kier molecular flexibility index (Phi) is 7.22. The third-order valence-electron chi connectivity index (χ3n) is 6.68. The van der Waals surface area contributed by atoms with Gasteiger partial charge in [0.25, 0.3) is 0 Å². The molecule has 0 radical (unpaired) electrons. The molecule has 2 saturated carbocycles. The first-order valence-electron chi connectivity index (χ1n) is 11.6. The number of aliphatic carboxylic acids is 1. The normalized spacial score (nSPS) is 21.7. The van der Waals surface area contributed by atoms with Crippen molar-refractivity contribution in [1.29, 1.82) is 0 Å². The summed E-state index contributed by atoms with van der Waals surface area (Å²) in [4.78, 5) is 19.6. The van der Waals surface area contributed by atoms with Gasteiger partial charge in [-0.3, -0.25) is 4.79 Å². The highest BCUT2D eigenvalue weighted by molar-refractivity contribution is 5.68. The van der Waals surface area contributed by atoms with Gasteiger partial charge in [0.05, 0.1) is 25.8 Å². The first-order chi connectivity index (χ1) is 15.5. The first-order valence-corrected chi connectivity index (χ1v) is 11.6. The van der Waals surface area contributed by atoms with Crippen molar-refractivity contribution in [2.75, 3.05) is 13.2 Å². The molecule has 0 saturated heterocycles. The second-order valence-corrected chi connectivity index (χ2v) is 8.97. The van der Waals surface area contributed by atoms with Gasteiger partial charge in [0.15, 0.2) is 0 Å². The third-order valence-corrected chi connectivity index (χ3v) is 6.68. The Bertz CT molecular complexity index is 926. The average molecular weight is 443 g/mol. The summed E-state index contributed by atoms with van der Waals surface area (Å²) >= 11 is 0. The first kappa shape index (κ1) is 22.5. The summed E-state index contributed by atoms with van der Waals surface area (Å²) in [6.07, 6.45) is 9.00. The van der Waals surface area contributed by atoms with Gasteiger partial charge in [-0.2, -0.15) is 0 Å². The van der Waals surface area contributed by atoms with Crippen molar-refractivity contribution in [1.82, 2.24) is 9.97 Å². The summed E-state index contributed by atoms with van der Waals surface area (Å²) < 4.78 is 25.7. The van der Waals surface area contributed by atoms with Gasteiger partial charge in [-0.05, 0) is 86.3 Å². The number of pyridine rings is 2. The number of aromatic nitrogens is 2. The highest BCUT2D eigenvalue weighted by Crippen LogP contribution is 2.45. The Morgan fingerprint density at radius 1 is 1.12 bits per heavy atom. The lowest BCUT2D eigenvalue weighted by Crippen LogP contribution is -2.20. The third kappa shape index (κ3) is 5.75. The zero-order chi connectivity index (χ0) is 22.5. The van der Waals surface area contributed by atoms with E-state index in [4.69, 9.17) is 9.47 Å². The molecule has 2 aromatic heterocycles. The molecule has 0 aromatic carbocycles. The number of hydrogen-bond donors (Lipinski definition) is 1. The van der Waals surface area contributed by atoms with E-state index >= 15 is 0 Å². The average Bonchev–Trinajstić information content (AvgIpc) is 3.63. The Morgan fingerprint density at radius 2 is 1.88 bits per heavy atom. The predicted molar refractivity (Wildman–Crippen MR) is 118 cm³/mol. The summed E-state index contributed by atoms with van der Waals surface area (Å²) in [6, 6.07) is 5.55. The minimum atomic E-state index is -0.767.